The Hall–Kier alpha value is -2.26. The molecule has 2 aromatic rings. The molecule has 0 bridgehead atoms. The number of anilines is 1. The number of benzene rings is 2. The summed E-state index contributed by atoms with van der Waals surface area (Å²) in [5, 5.41) is 3.68. The number of carbonyl (C=O) groups excluding carboxylic acids is 1. The maximum Gasteiger partial charge on any atom is 0.228 e. The van der Waals surface area contributed by atoms with Gasteiger partial charge in [-0.15, -0.1) is 0 Å². The van der Waals surface area contributed by atoms with Gasteiger partial charge in [0.2, 0.25) is 5.91 Å². The van der Waals surface area contributed by atoms with E-state index in [1.54, 1.807) is 6.08 Å². The molecule has 1 saturated carbocycles. The molecule has 23 heavy (non-hydrogen) atoms. The second-order valence-corrected chi connectivity index (χ2v) is 5.99. The molecule has 4 heteroatoms. The number of ether oxygens (including phenoxy) is 1. The van der Waals surface area contributed by atoms with Gasteiger partial charge in [0.05, 0.1) is 0 Å². The van der Waals surface area contributed by atoms with Crippen LogP contribution in [-0.4, -0.2) is 12.5 Å². The summed E-state index contributed by atoms with van der Waals surface area (Å²) in [6.45, 7) is 4.06. The average Bonchev–Trinajstić information content (AvgIpc) is 3.34. The molecule has 1 N–H and O–H groups in total. The predicted molar refractivity (Wildman–Crippen MR) is 93.1 cm³/mol. The number of hydrogen-bond acceptors (Lipinski definition) is 2. The molecule has 3 rings (SSSR count). The molecule has 0 radical (unpaired) electrons. The first-order valence-electron chi connectivity index (χ1n) is 7.58. The number of hydrogen-bond donors (Lipinski definition) is 1. The summed E-state index contributed by atoms with van der Waals surface area (Å²) in [6, 6.07) is 15.1. The fourth-order valence-electron chi connectivity index (χ4n) is 2.66. The maximum absolute atomic E-state index is 12.4. The third kappa shape index (κ3) is 3.74. The minimum absolute atomic E-state index is 0.0207. The average molecular weight is 328 g/mol. The minimum Gasteiger partial charge on any atom is -0.489 e. The van der Waals surface area contributed by atoms with Crippen molar-refractivity contribution in [3.05, 3.63) is 71.8 Å². The number of nitrogens with one attached hydrogen (secondary N) is 1. The first kappa shape index (κ1) is 15.6. The van der Waals surface area contributed by atoms with Crippen molar-refractivity contribution in [2.24, 2.45) is 5.92 Å². The highest BCUT2D eigenvalue weighted by Crippen LogP contribution is 2.50. The van der Waals surface area contributed by atoms with Crippen LogP contribution in [0.2, 0.25) is 5.02 Å². The molecule has 3 nitrogen and oxygen atoms in total. The SMILES string of the molecule is C=CCOc1cccc(NC(=O)C2CC2c2ccccc2Cl)c1. The third-order valence-corrected chi connectivity index (χ3v) is 4.25. The van der Waals surface area contributed by atoms with E-state index in [0.717, 1.165) is 22.7 Å². The lowest BCUT2D eigenvalue weighted by atomic mass is 10.1. The van der Waals surface area contributed by atoms with E-state index < -0.39 is 0 Å². The van der Waals surface area contributed by atoms with Crippen molar-refractivity contribution in [1.29, 1.82) is 0 Å². The molecule has 2 atom stereocenters. The zero-order valence-corrected chi connectivity index (χ0v) is 13.4. The largest absolute Gasteiger partial charge is 0.489 e. The second kappa shape index (κ2) is 6.88. The van der Waals surface area contributed by atoms with E-state index in [9.17, 15) is 4.79 Å². The number of halogens is 1. The number of carbonyl (C=O) groups is 1. The Balaban J connectivity index is 1.62. The van der Waals surface area contributed by atoms with Gasteiger partial charge in [-0.1, -0.05) is 48.5 Å². The van der Waals surface area contributed by atoms with Crippen LogP contribution >= 0.6 is 11.6 Å². The highest BCUT2D eigenvalue weighted by atomic mass is 35.5. The van der Waals surface area contributed by atoms with Gasteiger partial charge in [-0.3, -0.25) is 4.79 Å². The van der Waals surface area contributed by atoms with Gasteiger partial charge in [0.1, 0.15) is 12.4 Å². The highest BCUT2D eigenvalue weighted by molar-refractivity contribution is 6.31. The van der Waals surface area contributed by atoms with Crippen molar-refractivity contribution in [1.82, 2.24) is 0 Å². The molecule has 0 spiro atoms. The van der Waals surface area contributed by atoms with Gasteiger partial charge < -0.3 is 10.1 Å². The van der Waals surface area contributed by atoms with Gasteiger partial charge in [-0.25, -0.2) is 0 Å². The van der Waals surface area contributed by atoms with Gasteiger partial charge in [0.25, 0.3) is 0 Å². The van der Waals surface area contributed by atoms with E-state index in [0.29, 0.717) is 12.4 Å². The van der Waals surface area contributed by atoms with Gasteiger partial charge in [-0.2, -0.15) is 0 Å². The van der Waals surface area contributed by atoms with Gasteiger partial charge in [0.15, 0.2) is 0 Å². The van der Waals surface area contributed by atoms with Gasteiger partial charge in [-0.05, 0) is 36.1 Å². The molecule has 0 aliphatic heterocycles. The van der Waals surface area contributed by atoms with Crippen LogP contribution in [0, 0.1) is 5.92 Å². The quantitative estimate of drug-likeness (QED) is 0.784. The van der Waals surface area contributed by atoms with Crippen molar-refractivity contribution < 1.29 is 9.53 Å². The Kier molecular flexibility index (Phi) is 4.68. The van der Waals surface area contributed by atoms with Crippen LogP contribution in [0.15, 0.2) is 61.2 Å². The summed E-state index contributed by atoms with van der Waals surface area (Å²) in [5.74, 6) is 0.925. The molecule has 2 aromatic carbocycles. The predicted octanol–water partition coefficient (Wildman–Crippen LogP) is 4.65. The van der Waals surface area contributed by atoms with E-state index in [1.807, 2.05) is 48.5 Å². The molecule has 0 saturated heterocycles. The van der Waals surface area contributed by atoms with E-state index >= 15 is 0 Å². The van der Waals surface area contributed by atoms with Crippen LogP contribution < -0.4 is 10.1 Å². The second-order valence-electron chi connectivity index (χ2n) is 5.59. The van der Waals surface area contributed by atoms with Crippen molar-refractivity contribution >= 4 is 23.2 Å². The molecule has 0 heterocycles. The molecular formula is C19H18ClNO2. The molecule has 0 aromatic heterocycles. The Morgan fingerprint density at radius 3 is 2.91 bits per heavy atom. The smallest absolute Gasteiger partial charge is 0.228 e. The van der Waals surface area contributed by atoms with Gasteiger partial charge in [0, 0.05) is 22.7 Å². The van der Waals surface area contributed by atoms with Crippen LogP contribution in [-0.2, 0) is 4.79 Å². The minimum atomic E-state index is -0.0207. The summed E-state index contributed by atoms with van der Waals surface area (Å²) in [5.41, 5.74) is 1.79. The number of rotatable bonds is 6. The van der Waals surface area contributed by atoms with E-state index in [-0.39, 0.29) is 17.7 Å². The molecule has 118 valence electrons. The van der Waals surface area contributed by atoms with Crippen molar-refractivity contribution in [2.45, 2.75) is 12.3 Å². The first-order chi connectivity index (χ1) is 11.2. The fourth-order valence-corrected chi connectivity index (χ4v) is 2.93. The Morgan fingerprint density at radius 1 is 1.30 bits per heavy atom. The standard InChI is InChI=1S/C19H18ClNO2/c1-2-10-23-14-7-5-6-13(11-14)21-19(22)17-12-16(17)15-8-3-4-9-18(15)20/h2-9,11,16-17H,1,10,12H2,(H,21,22). The fraction of sp³-hybridized carbons (Fsp3) is 0.211. The van der Waals surface area contributed by atoms with E-state index in [1.165, 1.54) is 0 Å². The highest BCUT2D eigenvalue weighted by Gasteiger charge is 2.44. The van der Waals surface area contributed by atoms with E-state index in [4.69, 9.17) is 16.3 Å². The van der Waals surface area contributed by atoms with Crippen LogP contribution in [0.3, 0.4) is 0 Å². The van der Waals surface area contributed by atoms with E-state index in [2.05, 4.69) is 11.9 Å². The maximum atomic E-state index is 12.4. The molecule has 1 aliphatic rings. The summed E-state index contributed by atoms with van der Waals surface area (Å²) in [6.07, 6.45) is 2.52. The van der Waals surface area contributed by atoms with Crippen molar-refractivity contribution in [3.63, 3.8) is 0 Å². The molecule has 1 aliphatic carbocycles. The summed E-state index contributed by atoms with van der Waals surface area (Å²) in [4.78, 5) is 12.4. The lowest BCUT2D eigenvalue weighted by molar-refractivity contribution is -0.117. The van der Waals surface area contributed by atoms with Crippen molar-refractivity contribution in [3.8, 4) is 5.75 Å². The van der Waals surface area contributed by atoms with Crippen LogP contribution in [0.4, 0.5) is 5.69 Å². The first-order valence-corrected chi connectivity index (χ1v) is 7.96. The molecule has 1 fully saturated rings. The summed E-state index contributed by atoms with van der Waals surface area (Å²) < 4.78 is 5.47. The topological polar surface area (TPSA) is 38.3 Å². The zero-order valence-electron chi connectivity index (χ0n) is 12.7. The van der Waals surface area contributed by atoms with Crippen LogP contribution in [0.1, 0.15) is 17.9 Å². The van der Waals surface area contributed by atoms with Crippen LogP contribution in [0.25, 0.3) is 0 Å². The lowest BCUT2D eigenvalue weighted by Crippen LogP contribution is -2.14. The summed E-state index contributed by atoms with van der Waals surface area (Å²) >= 11 is 6.20. The zero-order chi connectivity index (χ0) is 16.2. The molecular weight excluding hydrogens is 310 g/mol. The molecule has 1 amide bonds. The van der Waals surface area contributed by atoms with Gasteiger partial charge >= 0.3 is 0 Å². The Bertz CT molecular complexity index is 729. The van der Waals surface area contributed by atoms with Crippen molar-refractivity contribution in [2.75, 3.05) is 11.9 Å². The normalized spacial score (nSPS) is 19.0. The monoisotopic (exact) mass is 327 g/mol. The summed E-state index contributed by atoms with van der Waals surface area (Å²) in [7, 11) is 0. The Morgan fingerprint density at radius 2 is 2.13 bits per heavy atom. The number of amides is 1. The van der Waals surface area contributed by atoms with Crippen LogP contribution in [0.5, 0.6) is 5.75 Å². The lowest BCUT2D eigenvalue weighted by Gasteiger charge is -2.08. The Labute approximate surface area is 140 Å². The third-order valence-electron chi connectivity index (χ3n) is 3.90. The molecule has 2 unspecified atom stereocenters.